The normalized spacial score (nSPS) is 21.3. The summed E-state index contributed by atoms with van der Waals surface area (Å²) in [5.74, 6) is 0. The van der Waals surface area contributed by atoms with Crippen LogP contribution in [-0.4, -0.2) is 10.4 Å². The lowest BCUT2D eigenvalue weighted by Gasteiger charge is -2.19. The standard InChI is InChI=1S/C14H24OS/c1-6-10(2)16-13(15)9-12-7-8-14(4,5)11(12)3/h10H,6-9H2,1-5H3. The minimum atomic E-state index is 0.316. The Morgan fingerprint density at radius 1 is 1.50 bits per heavy atom. The van der Waals surface area contributed by atoms with Crippen molar-refractivity contribution in [3.05, 3.63) is 11.1 Å². The van der Waals surface area contributed by atoms with Crippen LogP contribution in [0.5, 0.6) is 0 Å². The Labute approximate surface area is 104 Å². The van der Waals surface area contributed by atoms with Crippen LogP contribution in [0.4, 0.5) is 0 Å². The molecule has 1 aliphatic carbocycles. The average molecular weight is 240 g/mol. The molecule has 0 aromatic carbocycles. The van der Waals surface area contributed by atoms with Crippen LogP contribution in [0.3, 0.4) is 0 Å². The lowest BCUT2D eigenvalue weighted by molar-refractivity contribution is -0.110. The van der Waals surface area contributed by atoms with E-state index in [1.807, 2.05) is 0 Å². The first-order valence-corrected chi connectivity index (χ1v) is 7.13. The first-order chi connectivity index (χ1) is 7.36. The number of thioether (sulfide) groups is 1. The third-order valence-corrected chi connectivity index (χ3v) is 5.01. The Balaban J connectivity index is 2.56. The number of carbonyl (C=O) groups is 1. The molecule has 0 amide bonds. The summed E-state index contributed by atoms with van der Waals surface area (Å²) in [6, 6.07) is 0. The summed E-state index contributed by atoms with van der Waals surface area (Å²) in [4.78, 5) is 11.9. The molecule has 1 nitrogen and oxygen atoms in total. The molecule has 1 unspecified atom stereocenters. The van der Waals surface area contributed by atoms with Gasteiger partial charge in [-0.2, -0.15) is 0 Å². The molecule has 1 aliphatic rings. The van der Waals surface area contributed by atoms with E-state index in [9.17, 15) is 4.79 Å². The molecule has 0 radical (unpaired) electrons. The lowest BCUT2D eigenvalue weighted by atomic mass is 9.86. The average Bonchev–Trinajstić information content (AvgIpc) is 2.45. The van der Waals surface area contributed by atoms with Crippen LogP contribution in [-0.2, 0) is 4.79 Å². The van der Waals surface area contributed by atoms with Crippen LogP contribution in [0.2, 0.25) is 0 Å². The van der Waals surface area contributed by atoms with E-state index in [0.29, 0.717) is 22.2 Å². The van der Waals surface area contributed by atoms with Gasteiger partial charge in [0.1, 0.15) is 0 Å². The van der Waals surface area contributed by atoms with Gasteiger partial charge in [-0.15, -0.1) is 0 Å². The predicted octanol–water partition coefficient (Wildman–Crippen LogP) is 4.57. The fourth-order valence-corrected chi connectivity index (χ4v) is 2.93. The minimum Gasteiger partial charge on any atom is -0.287 e. The van der Waals surface area contributed by atoms with Crippen molar-refractivity contribution in [2.75, 3.05) is 0 Å². The Morgan fingerprint density at radius 2 is 2.12 bits per heavy atom. The summed E-state index contributed by atoms with van der Waals surface area (Å²) in [5.41, 5.74) is 3.16. The van der Waals surface area contributed by atoms with Gasteiger partial charge in [0.2, 0.25) is 0 Å². The van der Waals surface area contributed by atoms with Gasteiger partial charge in [-0.05, 0) is 31.6 Å². The summed E-state index contributed by atoms with van der Waals surface area (Å²) in [5, 5.41) is 0.809. The Morgan fingerprint density at radius 3 is 2.56 bits per heavy atom. The molecule has 0 heterocycles. The predicted molar refractivity (Wildman–Crippen MR) is 72.7 cm³/mol. The molecule has 0 fully saturated rings. The van der Waals surface area contributed by atoms with Crippen LogP contribution in [0.1, 0.15) is 60.3 Å². The molecule has 0 saturated carbocycles. The number of hydrogen-bond acceptors (Lipinski definition) is 2. The second-order valence-corrected chi connectivity index (χ2v) is 6.99. The molecule has 2 heteroatoms. The molecule has 1 rings (SSSR count). The minimum absolute atomic E-state index is 0.316. The Kier molecular flexibility index (Phi) is 4.66. The fourth-order valence-electron chi connectivity index (χ4n) is 2.06. The first-order valence-electron chi connectivity index (χ1n) is 6.25. The zero-order valence-electron chi connectivity index (χ0n) is 11.2. The van der Waals surface area contributed by atoms with Crippen molar-refractivity contribution in [3.63, 3.8) is 0 Å². The molecule has 0 bridgehead atoms. The second-order valence-electron chi connectivity index (χ2n) is 5.50. The van der Waals surface area contributed by atoms with Crippen LogP contribution in [0.25, 0.3) is 0 Å². The molecule has 1 atom stereocenters. The summed E-state index contributed by atoms with van der Waals surface area (Å²) in [6.07, 6.45) is 4.06. The number of allylic oxidation sites excluding steroid dienone is 2. The molecule has 0 saturated heterocycles. The molecule has 0 aromatic rings. The van der Waals surface area contributed by atoms with E-state index in [0.717, 1.165) is 12.8 Å². The first kappa shape index (κ1) is 13.8. The molecular weight excluding hydrogens is 216 g/mol. The smallest absolute Gasteiger partial charge is 0.193 e. The quantitative estimate of drug-likeness (QED) is 0.669. The maximum absolute atomic E-state index is 11.9. The molecule has 0 aromatic heterocycles. The van der Waals surface area contributed by atoms with Gasteiger partial charge in [0.05, 0.1) is 0 Å². The highest BCUT2D eigenvalue weighted by Crippen LogP contribution is 2.43. The molecule has 16 heavy (non-hydrogen) atoms. The van der Waals surface area contributed by atoms with Crippen LogP contribution in [0.15, 0.2) is 11.1 Å². The Bertz CT molecular complexity index is 302. The number of rotatable bonds is 4. The highest BCUT2D eigenvalue weighted by molar-refractivity contribution is 8.14. The summed E-state index contributed by atoms with van der Waals surface area (Å²) in [7, 11) is 0. The largest absolute Gasteiger partial charge is 0.287 e. The van der Waals surface area contributed by atoms with Gasteiger partial charge in [-0.3, -0.25) is 4.79 Å². The third kappa shape index (κ3) is 3.38. The van der Waals surface area contributed by atoms with E-state index < -0.39 is 0 Å². The van der Waals surface area contributed by atoms with E-state index in [-0.39, 0.29) is 0 Å². The monoisotopic (exact) mass is 240 g/mol. The molecule has 0 spiro atoms. The van der Waals surface area contributed by atoms with Gasteiger partial charge in [0, 0.05) is 11.7 Å². The number of carbonyl (C=O) groups excluding carboxylic acids is 1. The summed E-state index contributed by atoms with van der Waals surface area (Å²) in [6.45, 7) is 11.0. The number of hydrogen-bond donors (Lipinski definition) is 0. The van der Waals surface area contributed by atoms with Crippen LogP contribution >= 0.6 is 11.8 Å². The highest BCUT2D eigenvalue weighted by atomic mass is 32.2. The van der Waals surface area contributed by atoms with Crippen molar-refractivity contribution in [1.82, 2.24) is 0 Å². The van der Waals surface area contributed by atoms with E-state index in [2.05, 4.69) is 34.6 Å². The van der Waals surface area contributed by atoms with Gasteiger partial charge >= 0.3 is 0 Å². The molecule has 92 valence electrons. The van der Waals surface area contributed by atoms with Crippen molar-refractivity contribution >= 4 is 16.9 Å². The second kappa shape index (κ2) is 5.39. The zero-order valence-corrected chi connectivity index (χ0v) is 12.0. The van der Waals surface area contributed by atoms with E-state index >= 15 is 0 Å². The maximum Gasteiger partial charge on any atom is 0.193 e. The van der Waals surface area contributed by atoms with Crippen LogP contribution < -0.4 is 0 Å². The van der Waals surface area contributed by atoms with Gasteiger partial charge < -0.3 is 0 Å². The fraction of sp³-hybridized carbons (Fsp3) is 0.786. The zero-order chi connectivity index (χ0) is 12.3. The Hall–Kier alpha value is -0.240. The topological polar surface area (TPSA) is 17.1 Å². The lowest BCUT2D eigenvalue weighted by Crippen LogP contribution is -2.07. The van der Waals surface area contributed by atoms with E-state index in [1.54, 1.807) is 0 Å². The summed E-state index contributed by atoms with van der Waals surface area (Å²) >= 11 is 1.52. The van der Waals surface area contributed by atoms with Crippen molar-refractivity contribution in [2.24, 2.45) is 5.41 Å². The van der Waals surface area contributed by atoms with Crippen molar-refractivity contribution in [3.8, 4) is 0 Å². The van der Waals surface area contributed by atoms with Gasteiger partial charge in [0.25, 0.3) is 0 Å². The highest BCUT2D eigenvalue weighted by Gasteiger charge is 2.29. The van der Waals surface area contributed by atoms with Crippen molar-refractivity contribution < 1.29 is 4.79 Å². The van der Waals surface area contributed by atoms with E-state index in [1.165, 1.54) is 29.3 Å². The van der Waals surface area contributed by atoms with Crippen molar-refractivity contribution in [1.29, 1.82) is 0 Å². The van der Waals surface area contributed by atoms with E-state index in [4.69, 9.17) is 0 Å². The molecule has 0 aliphatic heterocycles. The van der Waals surface area contributed by atoms with Gasteiger partial charge in [-0.1, -0.05) is 50.6 Å². The maximum atomic E-state index is 11.9. The molecule has 0 N–H and O–H groups in total. The van der Waals surface area contributed by atoms with Gasteiger partial charge in [-0.25, -0.2) is 0 Å². The van der Waals surface area contributed by atoms with Crippen LogP contribution in [0, 0.1) is 5.41 Å². The SMILES string of the molecule is CCC(C)SC(=O)CC1=C(C)C(C)(C)CC1. The van der Waals surface area contributed by atoms with Gasteiger partial charge in [0.15, 0.2) is 5.12 Å². The summed E-state index contributed by atoms with van der Waals surface area (Å²) < 4.78 is 0. The molecular formula is C14H24OS. The third-order valence-electron chi connectivity index (χ3n) is 3.86. The van der Waals surface area contributed by atoms with Crippen molar-refractivity contribution in [2.45, 2.75) is 65.6 Å².